The lowest BCUT2D eigenvalue weighted by atomic mass is 10.0. The Bertz CT molecular complexity index is 721. The Balaban J connectivity index is 1.89. The molecular formula is C18H25N5O2. The normalized spacial score (nSPS) is 12.0. The lowest BCUT2D eigenvalue weighted by Gasteiger charge is -2.17. The number of aromatic nitrogens is 2. The Morgan fingerprint density at radius 3 is 2.44 bits per heavy atom. The summed E-state index contributed by atoms with van der Waals surface area (Å²) < 4.78 is 1.98. The van der Waals surface area contributed by atoms with Gasteiger partial charge in [0.1, 0.15) is 11.9 Å². The molecule has 0 aliphatic carbocycles. The quantitative estimate of drug-likeness (QED) is 0.715. The fourth-order valence-electron chi connectivity index (χ4n) is 2.53. The lowest BCUT2D eigenvalue weighted by Crippen LogP contribution is -2.48. The highest BCUT2D eigenvalue weighted by molar-refractivity contribution is 5.85. The van der Waals surface area contributed by atoms with Crippen molar-refractivity contribution >= 4 is 11.9 Å². The molecule has 0 fully saturated rings. The number of aryl methyl sites for hydroxylation is 1. The molecule has 0 saturated heterocycles. The highest BCUT2D eigenvalue weighted by Crippen LogP contribution is 2.11. The van der Waals surface area contributed by atoms with Crippen LogP contribution in [0, 0.1) is 12.8 Å². The Morgan fingerprint density at radius 2 is 1.92 bits per heavy atom. The van der Waals surface area contributed by atoms with Crippen LogP contribution in [-0.4, -0.2) is 27.5 Å². The van der Waals surface area contributed by atoms with Gasteiger partial charge < -0.3 is 20.9 Å². The van der Waals surface area contributed by atoms with E-state index in [0.29, 0.717) is 13.0 Å². The number of amides is 3. The summed E-state index contributed by atoms with van der Waals surface area (Å²) in [6.45, 7) is 6.24. The molecule has 1 atom stereocenters. The first-order valence-electron chi connectivity index (χ1n) is 8.29. The van der Waals surface area contributed by atoms with Gasteiger partial charge in [0.15, 0.2) is 0 Å². The number of hydrogen-bond acceptors (Lipinski definition) is 3. The van der Waals surface area contributed by atoms with E-state index in [9.17, 15) is 9.59 Å². The van der Waals surface area contributed by atoms with Gasteiger partial charge in [-0.05, 0) is 37.0 Å². The molecule has 7 nitrogen and oxygen atoms in total. The summed E-state index contributed by atoms with van der Waals surface area (Å²) in [4.78, 5) is 27.6. The van der Waals surface area contributed by atoms with Crippen molar-refractivity contribution in [1.29, 1.82) is 0 Å². The molecule has 1 heterocycles. The predicted octanol–water partition coefficient (Wildman–Crippen LogP) is 1.88. The average Bonchev–Trinajstić information content (AvgIpc) is 2.98. The van der Waals surface area contributed by atoms with Crippen LogP contribution in [0.25, 0.3) is 5.69 Å². The number of nitrogens with two attached hydrogens (primary N) is 1. The van der Waals surface area contributed by atoms with E-state index < -0.39 is 18.0 Å². The minimum atomic E-state index is -0.661. The van der Waals surface area contributed by atoms with Crippen LogP contribution in [0.1, 0.15) is 31.7 Å². The predicted molar refractivity (Wildman–Crippen MR) is 96.1 cm³/mol. The van der Waals surface area contributed by atoms with Crippen LogP contribution in [0.15, 0.2) is 36.7 Å². The van der Waals surface area contributed by atoms with Crippen LogP contribution in [0.5, 0.6) is 0 Å². The molecule has 0 aliphatic heterocycles. The molecule has 0 bridgehead atoms. The molecule has 0 spiro atoms. The van der Waals surface area contributed by atoms with Crippen LogP contribution in [-0.2, 0) is 11.3 Å². The number of carbonyl (C=O) groups is 2. The van der Waals surface area contributed by atoms with E-state index in [0.717, 1.165) is 17.1 Å². The summed E-state index contributed by atoms with van der Waals surface area (Å²) in [6.07, 6.45) is 4.16. The highest BCUT2D eigenvalue weighted by atomic mass is 16.2. The number of benzene rings is 1. The summed E-state index contributed by atoms with van der Waals surface area (Å²) in [5.41, 5.74) is 7.29. The van der Waals surface area contributed by atoms with E-state index in [1.807, 2.05) is 55.8 Å². The maximum absolute atomic E-state index is 12.0. The number of imidazole rings is 1. The third kappa shape index (κ3) is 5.34. The van der Waals surface area contributed by atoms with Crippen LogP contribution in [0.3, 0.4) is 0 Å². The van der Waals surface area contributed by atoms with Gasteiger partial charge in [0.05, 0.1) is 0 Å². The van der Waals surface area contributed by atoms with Crippen molar-refractivity contribution in [1.82, 2.24) is 20.2 Å². The van der Waals surface area contributed by atoms with E-state index in [4.69, 9.17) is 5.73 Å². The minimum absolute atomic E-state index is 0.261. The van der Waals surface area contributed by atoms with E-state index in [2.05, 4.69) is 15.6 Å². The second kappa shape index (κ2) is 8.32. The second-order valence-electron chi connectivity index (χ2n) is 6.42. The van der Waals surface area contributed by atoms with Crippen molar-refractivity contribution in [3.8, 4) is 5.69 Å². The van der Waals surface area contributed by atoms with E-state index >= 15 is 0 Å². The number of urea groups is 1. The summed E-state index contributed by atoms with van der Waals surface area (Å²) >= 11 is 0. The van der Waals surface area contributed by atoms with Gasteiger partial charge in [0.2, 0.25) is 5.91 Å². The molecular weight excluding hydrogens is 318 g/mol. The highest BCUT2D eigenvalue weighted by Gasteiger charge is 2.18. The van der Waals surface area contributed by atoms with Gasteiger partial charge >= 0.3 is 6.03 Å². The van der Waals surface area contributed by atoms with Gasteiger partial charge in [0, 0.05) is 24.6 Å². The molecule has 1 aromatic heterocycles. The number of hydrogen-bond donors (Lipinski definition) is 3. The smallest absolute Gasteiger partial charge is 0.315 e. The van der Waals surface area contributed by atoms with Gasteiger partial charge in [-0.1, -0.05) is 26.0 Å². The molecule has 2 rings (SSSR count). The molecule has 2 aromatic rings. The molecule has 134 valence electrons. The largest absolute Gasteiger partial charge is 0.368 e. The minimum Gasteiger partial charge on any atom is -0.368 e. The van der Waals surface area contributed by atoms with Crippen molar-refractivity contribution < 1.29 is 9.59 Å². The van der Waals surface area contributed by atoms with Gasteiger partial charge in [-0.15, -0.1) is 0 Å². The molecule has 3 amide bonds. The molecule has 0 saturated carbocycles. The van der Waals surface area contributed by atoms with Crippen LogP contribution in [0.2, 0.25) is 0 Å². The summed E-state index contributed by atoms with van der Waals surface area (Å²) in [5.74, 6) is 0.647. The lowest BCUT2D eigenvalue weighted by molar-refractivity contribution is -0.120. The fraction of sp³-hybridized carbons (Fsp3) is 0.389. The molecule has 1 aromatic carbocycles. The number of primary amides is 1. The van der Waals surface area contributed by atoms with Crippen molar-refractivity contribution in [3.63, 3.8) is 0 Å². The zero-order valence-electron chi connectivity index (χ0n) is 14.8. The average molecular weight is 343 g/mol. The van der Waals surface area contributed by atoms with Crippen molar-refractivity contribution in [2.75, 3.05) is 0 Å². The first kappa shape index (κ1) is 18.5. The Hall–Kier alpha value is -2.83. The van der Waals surface area contributed by atoms with E-state index in [1.165, 1.54) is 0 Å². The summed E-state index contributed by atoms with van der Waals surface area (Å²) in [7, 11) is 0. The Labute approximate surface area is 147 Å². The summed E-state index contributed by atoms with van der Waals surface area (Å²) in [6, 6.07) is 6.75. The van der Waals surface area contributed by atoms with Crippen LogP contribution < -0.4 is 16.4 Å². The standard InChI is InChI=1S/C18H25N5O2/c1-12(2)10-16(17(19)24)22-18(25)21-11-14-4-6-15(7-5-14)23-9-8-20-13(23)3/h4-9,12,16H,10-11H2,1-3H3,(H2,19,24)(H2,21,22,25). The van der Waals surface area contributed by atoms with Crippen molar-refractivity contribution in [3.05, 3.63) is 48.0 Å². The number of rotatable bonds is 7. The maximum Gasteiger partial charge on any atom is 0.315 e. The van der Waals surface area contributed by atoms with Crippen molar-refractivity contribution in [2.45, 2.75) is 39.8 Å². The van der Waals surface area contributed by atoms with Gasteiger partial charge in [0.25, 0.3) is 0 Å². The van der Waals surface area contributed by atoms with E-state index in [1.54, 1.807) is 6.20 Å². The van der Waals surface area contributed by atoms with Gasteiger partial charge in [-0.2, -0.15) is 0 Å². The monoisotopic (exact) mass is 343 g/mol. The second-order valence-corrected chi connectivity index (χ2v) is 6.42. The molecule has 0 aliphatic rings. The topological polar surface area (TPSA) is 102 Å². The Kier molecular flexibility index (Phi) is 6.16. The fourth-order valence-corrected chi connectivity index (χ4v) is 2.53. The summed E-state index contributed by atoms with van der Waals surface area (Å²) in [5, 5.41) is 5.37. The zero-order valence-corrected chi connectivity index (χ0v) is 14.8. The number of nitrogens with one attached hydrogen (secondary N) is 2. The van der Waals surface area contributed by atoms with Gasteiger partial charge in [-0.25, -0.2) is 9.78 Å². The first-order chi connectivity index (χ1) is 11.9. The molecule has 0 radical (unpaired) electrons. The number of nitrogens with zero attached hydrogens (tertiary/aromatic N) is 2. The zero-order chi connectivity index (χ0) is 18.4. The van der Waals surface area contributed by atoms with Crippen molar-refractivity contribution in [2.24, 2.45) is 11.7 Å². The third-order valence-electron chi connectivity index (χ3n) is 3.85. The molecule has 25 heavy (non-hydrogen) atoms. The molecule has 7 heteroatoms. The van der Waals surface area contributed by atoms with Crippen LogP contribution in [0.4, 0.5) is 4.79 Å². The first-order valence-corrected chi connectivity index (χ1v) is 8.29. The Morgan fingerprint density at radius 1 is 1.24 bits per heavy atom. The molecule has 1 unspecified atom stereocenters. The maximum atomic E-state index is 12.0. The number of carbonyl (C=O) groups excluding carboxylic acids is 2. The molecule has 4 N–H and O–H groups in total. The SMILES string of the molecule is Cc1nccn1-c1ccc(CNC(=O)NC(CC(C)C)C(N)=O)cc1. The van der Waals surface area contributed by atoms with Gasteiger partial charge in [-0.3, -0.25) is 4.79 Å². The van der Waals surface area contributed by atoms with E-state index in [-0.39, 0.29) is 5.92 Å². The third-order valence-corrected chi connectivity index (χ3v) is 3.85. The van der Waals surface area contributed by atoms with Crippen LogP contribution >= 0.6 is 0 Å².